The summed E-state index contributed by atoms with van der Waals surface area (Å²) in [6, 6.07) is 10.2. The molecule has 5 nitrogen and oxygen atoms in total. The Balaban J connectivity index is 1.29. The van der Waals surface area contributed by atoms with Crippen LogP contribution in [0.3, 0.4) is 0 Å². The first-order valence-corrected chi connectivity index (χ1v) is 10.0. The quantitative estimate of drug-likeness (QED) is 0.883. The number of hydrogen-bond donors (Lipinski definition) is 1. The largest absolute Gasteiger partial charge is 0.342 e. The Bertz CT molecular complexity index is 658. The second kappa shape index (κ2) is 7.29. The maximum absolute atomic E-state index is 13.0. The molecule has 0 aromatic heterocycles. The van der Waals surface area contributed by atoms with Gasteiger partial charge in [-0.3, -0.25) is 4.79 Å². The zero-order chi connectivity index (χ0) is 18.0. The SMILES string of the molecule is O=C(NCCc1ccccc1)N1CC[C@@]2(CCCN(CC3CC3)C2=O)C1. The molecule has 1 aliphatic carbocycles. The summed E-state index contributed by atoms with van der Waals surface area (Å²) >= 11 is 0. The number of hydrogen-bond acceptors (Lipinski definition) is 2. The van der Waals surface area contributed by atoms with Crippen molar-refractivity contribution in [1.29, 1.82) is 0 Å². The number of nitrogens with one attached hydrogen (secondary N) is 1. The predicted octanol–water partition coefficient (Wildman–Crippen LogP) is 2.66. The van der Waals surface area contributed by atoms with Crippen LogP contribution in [0.2, 0.25) is 0 Å². The summed E-state index contributed by atoms with van der Waals surface area (Å²) < 4.78 is 0. The van der Waals surface area contributed by atoms with E-state index in [2.05, 4.69) is 22.3 Å². The van der Waals surface area contributed by atoms with Gasteiger partial charge in [0.15, 0.2) is 0 Å². The minimum atomic E-state index is -0.316. The third-order valence-electron chi connectivity index (χ3n) is 6.17. The van der Waals surface area contributed by atoms with Crippen LogP contribution in [-0.2, 0) is 11.2 Å². The van der Waals surface area contributed by atoms with Crippen molar-refractivity contribution in [2.75, 3.05) is 32.7 Å². The van der Waals surface area contributed by atoms with Crippen LogP contribution < -0.4 is 5.32 Å². The van der Waals surface area contributed by atoms with Gasteiger partial charge in [-0.25, -0.2) is 4.79 Å². The molecule has 1 aromatic rings. The average molecular weight is 355 g/mol. The van der Waals surface area contributed by atoms with Gasteiger partial charge in [0.25, 0.3) is 0 Å². The number of urea groups is 1. The van der Waals surface area contributed by atoms with Gasteiger partial charge in [0, 0.05) is 32.7 Å². The molecule has 0 unspecified atom stereocenters. The molecule has 1 N–H and O–H groups in total. The van der Waals surface area contributed by atoms with E-state index in [4.69, 9.17) is 0 Å². The van der Waals surface area contributed by atoms with Crippen molar-refractivity contribution in [1.82, 2.24) is 15.1 Å². The normalized spacial score (nSPS) is 25.8. The van der Waals surface area contributed by atoms with Crippen LogP contribution in [0.25, 0.3) is 0 Å². The molecular formula is C21H29N3O2. The monoisotopic (exact) mass is 355 g/mol. The van der Waals surface area contributed by atoms with Gasteiger partial charge >= 0.3 is 6.03 Å². The zero-order valence-electron chi connectivity index (χ0n) is 15.5. The molecule has 1 aromatic carbocycles. The number of likely N-dealkylation sites (tertiary alicyclic amines) is 2. The predicted molar refractivity (Wildman–Crippen MR) is 101 cm³/mol. The Morgan fingerprint density at radius 1 is 1.15 bits per heavy atom. The van der Waals surface area contributed by atoms with E-state index in [9.17, 15) is 9.59 Å². The Kier molecular flexibility index (Phi) is 4.88. The summed E-state index contributed by atoms with van der Waals surface area (Å²) in [5.74, 6) is 1.03. The molecule has 3 aliphatic rings. The van der Waals surface area contributed by atoms with E-state index in [1.165, 1.54) is 18.4 Å². The van der Waals surface area contributed by atoms with Crippen LogP contribution >= 0.6 is 0 Å². The minimum absolute atomic E-state index is 0.0232. The summed E-state index contributed by atoms with van der Waals surface area (Å²) in [7, 11) is 0. The van der Waals surface area contributed by atoms with Crippen molar-refractivity contribution >= 4 is 11.9 Å². The fourth-order valence-corrected chi connectivity index (χ4v) is 4.43. The van der Waals surface area contributed by atoms with E-state index in [-0.39, 0.29) is 11.4 Å². The Morgan fingerprint density at radius 3 is 2.73 bits per heavy atom. The highest BCUT2D eigenvalue weighted by Crippen LogP contribution is 2.41. The van der Waals surface area contributed by atoms with Crippen LogP contribution in [-0.4, -0.2) is 54.5 Å². The third kappa shape index (κ3) is 3.71. The zero-order valence-corrected chi connectivity index (χ0v) is 15.5. The van der Waals surface area contributed by atoms with Gasteiger partial charge in [-0.05, 0) is 50.0 Å². The first-order chi connectivity index (χ1) is 12.7. The lowest BCUT2D eigenvalue weighted by Gasteiger charge is -2.39. The summed E-state index contributed by atoms with van der Waals surface area (Å²) in [5.41, 5.74) is 0.910. The number of carbonyl (C=O) groups is 2. The molecule has 0 radical (unpaired) electrons. The first-order valence-electron chi connectivity index (χ1n) is 10.0. The van der Waals surface area contributed by atoms with E-state index in [1.807, 2.05) is 23.1 Å². The highest BCUT2D eigenvalue weighted by Gasteiger charge is 2.49. The molecule has 2 aliphatic heterocycles. The lowest BCUT2D eigenvalue weighted by molar-refractivity contribution is -0.145. The maximum atomic E-state index is 13.0. The minimum Gasteiger partial charge on any atom is -0.342 e. The Hall–Kier alpha value is -2.04. The molecule has 1 spiro atoms. The van der Waals surface area contributed by atoms with Gasteiger partial charge in [0.05, 0.1) is 5.41 Å². The van der Waals surface area contributed by atoms with E-state index < -0.39 is 0 Å². The van der Waals surface area contributed by atoms with Crippen molar-refractivity contribution in [3.63, 3.8) is 0 Å². The van der Waals surface area contributed by atoms with Crippen molar-refractivity contribution in [2.24, 2.45) is 11.3 Å². The number of amides is 3. The topological polar surface area (TPSA) is 52.7 Å². The van der Waals surface area contributed by atoms with E-state index in [1.54, 1.807) is 0 Å². The van der Waals surface area contributed by atoms with Crippen LogP contribution in [0.4, 0.5) is 4.79 Å². The smallest absolute Gasteiger partial charge is 0.317 e. The number of rotatable bonds is 5. The Labute approximate surface area is 155 Å². The number of nitrogens with zero attached hydrogens (tertiary/aromatic N) is 2. The van der Waals surface area contributed by atoms with Crippen LogP contribution in [0.5, 0.6) is 0 Å². The molecule has 140 valence electrons. The molecule has 3 fully saturated rings. The lowest BCUT2D eigenvalue weighted by Crippen LogP contribution is -2.51. The van der Waals surface area contributed by atoms with Gasteiger partial charge in [-0.1, -0.05) is 30.3 Å². The van der Waals surface area contributed by atoms with Crippen LogP contribution in [0.1, 0.15) is 37.7 Å². The molecule has 1 atom stereocenters. The number of benzene rings is 1. The molecule has 3 amide bonds. The van der Waals surface area contributed by atoms with Gasteiger partial charge in [0.1, 0.15) is 0 Å². The summed E-state index contributed by atoms with van der Waals surface area (Å²) in [5, 5.41) is 3.03. The number of piperidine rings is 1. The second-order valence-electron chi connectivity index (χ2n) is 8.22. The van der Waals surface area contributed by atoms with Crippen molar-refractivity contribution in [3.8, 4) is 0 Å². The first kappa shape index (κ1) is 17.4. The van der Waals surface area contributed by atoms with Gasteiger partial charge in [0.2, 0.25) is 5.91 Å². The van der Waals surface area contributed by atoms with Crippen molar-refractivity contribution < 1.29 is 9.59 Å². The standard InChI is InChI=1S/C21H29N3O2/c25-19-21(10-4-13-23(19)15-18-7-8-18)11-14-24(16-21)20(26)22-12-9-17-5-2-1-3-6-17/h1-3,5-6,18H,4,7-16H2,(H,22,26)/t21-/m0/s1. The van der Waals surface area contributed by atoms with Crippen molar-refractivity contribution in [2.45, 2.75) is 38.5 Å². The molecule has 5 heteroatoms. The fraction of sp³-hybridized carbons (Fsp3) is 0.619. The molecule has 2 heterocycles. The van der Waals surface area contributed by atoms with E-state index in [0.29, 0.717) is 25.5 Å². The molecule has 2 saturated heterocycles. The molecule has 0 bridgehead atoms. The average Bonchev–Trinajstić information content (AvgIpc) is 3.37. The van der Waals surface area contributed by atoms with Gasteiger partial charge < -0.3 is 15.1 Å². The maximum Gasteiger partial charge on any atom is 0.317 e. The number of carbonyl (C=O) groups excluding carboxylic acids is 2. The highest BCUT2D eigenvalue weighted by atomic mass is 16.2. The second-order valence-corrected chi connectivity index (χ2v) is 8.22. The fourth-order valence-electron chi connectivity index (χ4n) is 4.43. The molecule has 4 rings (SSSR count). The van der Waals surface area contributed by atoms with Crippen LogP contribution in [0, 0.1) is 11.3 Å². The summed E-state index contributed by atoms with van der Waals surface area (Å²) in [6.45, 7) is 3.75. The van der Waals surface area contributed by atoms with E-state index in [0.717, 1.165) is 44.7 Å². The Morgan fingerprint density at radius 2 is 1.96 bits per heavy atom. The lowest BCUT2D eigenvalue weighted by atomic mass is 9.78. The summed E-state index contributed by atoms with van der Waals surface area (Å²) in [4.78, 5) is 29.5. The summed E-state index contributed by atoms with van der Waals surface area (Å²) in [6.07, 6.45) is 6.20. The van der Waals surface area contributed by atoms with Crippen LogP contribution in [0.15, 0.2) is 30.3 Å². The van der Waals surface area contributed by atoms with Gasteiger partial charge in [-0.2, -0.15) is 0 Å². The third-order valence-corrected chi connectivity index (χ3v) is 6.17. The van der Waals surface area contributed by atoms with Crippen molar-refractivity contribution in [3.05, 3.63) is 35.9 Å². The molecule has 26 heavy (non-hydrogen) atoms. The highest BCUT2D eigenvalue weighted by molar-refractivity contribution is 5.85. The molecule has 1 saturated carbocycles. The molecular weight excluding hydrogens is 326 g/mol. The van der Waals surface area contributed by atoms with Gasteiger partial charge in [-0.15, -0.1) is 0 Å². The van der Waals surface area contributed by atoms with E-state index >= 15 is 0 Å².